The molecule has 0 spiro atoms. The Morgan fingerprint density at radius 3 is 2.53 bits per heavy atom. The second-order valence-electron chi connectivity index (χ2n) is 5.13. The summed E-state index contributed by atoms with van der Waals surface area (Å²) in [4.78, 5) is 4.97. The highest BCUT2D eigenvalue weighted by molar-refractivity contribution is 6.31. The van der Waals surface area contributed by atoms with Crippen molar-refractivity contribution in [2.24, 2.45) is 0 Å². The maximum atomic E-state index is 6.33. The van der Waals surface area contributed by atoms with Gasteiger partial charge in [0.1, 0.15) is 0 Å². The maximum absolute atomic E-state index is 6.33. The minimum atomic E-state index is 0.823. The molecule has 1 heterocycles. The lowest BCUT2D eigenvalue weighted by molar-refractivity contribution is 0.258. The van der Waals surface area contributed by atoms with Crippen LogP contribution in [0.25, 0.3) is 0 Å². The topological polar surface area (TPSA) is 18.5 Å². The molecule has 0 unspecified atom stereocenters. The van der Waals surface area contributed by atoms with E-state index in [1.165, 1.54) is 18.7 Å². The Hall–Kier alpha value is -0.770. The van der Waals surface area contributed by atoms with Crippen LogP contribution in [0.5, 0.6) is 0 Å². The molecule has 3 nitrogen and oxygen atoms in total. The second kappa shape index (κ2) is 7.13. The minimum absolute atomic E-state index is 0.823. The molecule has 0 aliphatic carbocycles. The van der Waals surface area contributed by atoms with Gasteiger partial charge in [-0.25, -0.2) is 0 Å². The zero-order valence-electron chi connectivity index (χ0n) is 12.0. The summed E-state index contributed by atoms with van der Waals surface area (Å²) in [5.41, 5.74) is 2.42. The number of hydrogen-bond acceptors (Lipinski definition) is 3. The Balaban J connectivity index is 1.97. The Kier molecular flexibility index (Phi) is 5.49. The van der Waals surface area contributed by atoms with Crippen LogP contribution in [-0.2, 0) is 6.54 Å². The monoisotopic (exact) mass is 281 g/mol. The molecule has 0 bridgehead atoms. The van der Waals surface area contributed by atoms with E-state index in [0.717, 1.165) is 43.3 Å². The normalized spacial score (nSPS) is 16.9. The lowest BCUT2D eigenvalue weighted by Gasteiger charge is -2.36. The first-order chi connectivity index (χ1) is 9.24. The summed E-state index contributed by atoms with van der Waals surface area (Å²) in [6.07, 6.45) is 1.24. The van der Waals surface area contributed by atoms with E-state index in [-0.39, 0.29) is 0 Å². The molecule has 1 aliphatic rings. The Labute approximate surface area is 121 Å². The lowest BCUT2D eigenvalue weighted by atomic mass is 10.1. The standard InChI is InChI=1S/C15H24ClN3/c1-3-6-18-7-9-19(10-8-18)14-5-4-13(12-17-2)15(16)11-14/h4-5,11,17H,3,6-10,12H2,1-2H3. The number of nitrogens with one attached hydrogen (secondary N) is 1. The predicted octanol–water partition coefficient (Wildman–Crippen LogP) is 2.59. The van der Waals surface area contributed by atoms with Crippen molar-refractivity contribution in [3.8, 4) is 0 Å². The molecule has 1 aromatic carbocycles. The first-order valence-corrected chi connectivity index (χ1v) is 7.52. The highest BCUT2D eigenvalue weighted by Crippen LogP contribution is 2.24. The van der Waals surface area contributed by atoms with Gasteiger partial charge in [-0.15, -0.1) is 0 Å². The second-order valence-corrected chi connectivity index (χ2v) is 5.54. The van der Waals surface area contributed by atoms with Gasteiger partial charge in [0.05, 0.1) is 0 Å². The Morgan fingerprint density at radius 1 is 1.21 bits per heavy atom. The lowest BCUT2D eigenvalue weighted by Crippen LogP contribution is -2.46. The summed E-state index contributed by atoms with van der Waals surface area (Å²) in [5, 5.41) is 4.00. The van der Waals surface area contributed by atoms with Crippen molar-refractivity contribution < 1.29 is 0 Å². The van der Waals surface area contributed by atoms with Crippen molar-refractivity contribution in [2.45, 2.75) is 19.9 Å². The van der Waals surface area contributed by atoms with Gasteiger partial charge in [0, 0.05) is 43.4 Å². The molecule has 1 fully saturated rings. The number of piperazine rings is 1. The minimum Gasteiger partial charge on any atom is -0.369 e. The van der Waals surface area contributed by atoms with Crippen LogP contribution in [-0.4, -0.2) is 44.7 Å². The molecule has 0 amide bonds. The molecule has 1 aliphatic heterocycles. The van der Waals surface area contributed by atoms with Crippen LogP contribution in [0.2, 0.25) is 5.02 Å². The van der Waals surface area contributed by atoms with E-state index in [4.69, 9.17) is 11.6 Å². The van der Waals surface area contributed by atoms with Crippen molar-refractivity contribution in [3.63, 3.8) is 0 Å². The largest absolute Gasteiger partial charge is 0.369 e. The van der Waals surface area contributed by atoms with Crippen LogP contribution in [0, 0.1) is 0 Å². The maximum Gasteiger partial charge on any atom is 0.0471 e. The van der Waals surface area contributed by atoms with Gasteiger partial charge in [0.25, 0.3) is 0 Å². The molecule has 0 radical (unpaired) electrons. The summed E-state index contributed by atoms with van der Waals surface area (Å²) < 4.78 is 0. The first kappa shape index (κ1) is 14.6. The third kappa shape index (κ3) is 3.85. The van der Waals surface area contributed by atoms with E-state index < -0.39 is 0 Å². The summed E-state index contributed by atoms with van der Waals surface area (Å²) >= 11 is 6.33. The van der Waals surface area contributed by atoms with Crippen LogP contribution < -0.4 is 10.2 Å². The molecule has 0 saturated carbocycles. The van der Waals surface area contributed by atoms with Gasteiger partial charge in [-0.3, -0.25) is 4.90 Å². The van der Waals surface area contributed by atoms with Gasteiger partial charge in [0.2, 0.25) is 0 Å². The van der Waals surface area contributed by atoms with Gasteiger partial charge in [-0.2, -0.15) is 0 Å². The quantitative estimate of drug-likeness (QED) is 0.895. The number of benzene rings is 1. The highest BCUT2D eigenvalue weighted by atomic mass is 35.5. The summed E-state index contributed by atoms with van der Waals surface area (Å²) in [7, 11) is 1.94. The SMILES string of the molecule is CCCN1CCN(c2ccc(CNC)c(Cl)c2)CC1. The fourth-order valence-corrected chi connectivity index (χ4v) is 2.85. The van der Waals surface area contributed by atoms with Gasteiger partial charge >= 0.3 is 0 Å². The molecule has 19 heavy (non-hydrogen) atoms. The van der Waals surface area contributed by atoms with Crippen LogP contribution in [0.4, 0.5) is 5.69 Å². The molecule has 106 valence electrons. The van der Waals surface area contributed by atoms with E-state index in [9.17, 15) is 0 Å². The molecule has 1 aromatic rings. The summed E-state index contributed by atoms with van der Waals surface area (Å²) in [6, 6.07) is 6.42. The smallest absolute Gasteiger partial charge is 0.0471 e. The van der Waals surface area contributed by atoms with Crippen LogP contribution >= 0.6 is 11.6 Å². The summed E-state index contributed by atoms with van der Waals surface area (Å²) in [6.45, 7) is 8.79. The first-order valence-electron chi connectivity index (χ1n) is 7.15. The molecule has 1 N–H and O–H groups in total. The van der Waals surface area contributed by atoms with Crippen LogP contribution in [0.3, 0.4) is 0 Å². The van der Waals surface area contributed by atoms with Crippen molar-refractivity contribution in [3.05, 3.63) is 28.8 Å². The van der Waals surface area contributed by atoms with Crippen LogP contribution in [0.1, 0.15) is 18.9 Å². The number of rotatable bonds is 5. The zero-order valence-corrected chi connectivity index (χ0v) is 12.7. The van der Waals surface area contributed by atoms with Crippen molar-refractivity contribution >= 4 is 17.3 Å². The number of halogens is 1. The zero-order chi connectivity index (χ0) is 13.7. The predicted molar refractivity (Wildman–Crippen MR) is 83.2 cm³/mol. The Morgan fingerprint density at radius 2 is 1.95 bits per heavy atom. The number of nitrogens with zero attached hydrogens (tertiary/aromatic N) is 2. The molecular weight excluding hydrogens is 258 g/mol. The van der Waals surface area contributed by atoms with E-state index in [0.29, 0.717) is 0 Å². The fourth-order valence-electron chi connectivity index (χ4n) is 2.61. The molecule has 2 rings (SSSR count). The van der Waals surface area contributed by atoms with Gasteiger partial charge < -0.3 is 10.2 Å². The van der Waals surface area contributed by atoms with Gasteiger partial charge in [-0.05, 0) is 37.7 Å². The van der Waals surface area contributed by atoms with E-state index in [1.54, 1.807) is 0 Å². The molecule has 0 aromatic heterocycles. The van der Waals surface area contributed by atoms with E-state index in [1.807, 2.05) is 7.05 Å². The third-order valence-corrected chi connectivity index (χ3v) is 4.03. The van der Waals surface area contributed by atoms with Gasteiger partial charge in [-0.1, -0.05) is 24.6 Å². The molecule has 1 saturated heterocycles. The van der Waals surface area contributed by atoms with Crippen molar-refractivity contribution in [2.75, 3.05) is 44.7 Å². The average Bonchev–Trinajstić information content (AvgIpc) is 2.43. The average molecular weight is 282 g/mol. The molecular formula is C15H24ClN3. The highest BCUT2D eigenvalue weighted by Gasteiger charge is 2.16. The van der Waals surface area contributed by atoms with Gasteiger partial charge in [0.15, 0.2) is 0 Å². The van der Waals surface area contributed by atoms with E-state index >= 15 is 0 Å². The molecule has 4 heteroatoms. The third-order valence-electron chi connectivity index (χ3n) is 3.68. The number of hydrogen-bond donors (Lipinski definition) is 1. The van der Waals surface area contributed by atoms with Crippen LogP contribution in [0.15, 0.2) is 18.2 Å². The fraction of sp³-hybridized carbons (Fsp3) is 0.600. The molecule has 0 atom stereocenters. The van der Waals surface area contributed by atoms with Crippen molar-refractivity contribution in [1.29, 1.82) is 0 Å². The Bertz CT molecular complexity index is 400. The van der Waals surface area contributed by atoms with Crippen molar-refractivity contribution in [1.82, 2.24) is 10.2 Å². The van der Waals surface area contributed by atoms with E-state index in [2.05, 4.69) is 40.2 Å². The number of anilines is 1. The summed E-state index contributed by atoms with van der Waals surface area (Å²) in [5.74, 6) is 0.